The summed E-state index contributed by atoms with van der Waals surface area (Å²) in [5.74, 6) is -1.51. The Morgan fingerprint density at radius 1 is 0.947 bits per heavy atom. The number of hydrogen-bond acceptors (Lipinski definition) is 4. The first-order chi connectivity index (χ1) is 17.8. The summed E-state index contributed by atoms with van der Waals surface area (Å²) in [4.78, 5) is 28.1. The van der Waals surface area contributed by atoms with Crippen molar-refractivity contribution in [3.05, 3.63) is 94.7 Å². The molecule has 2 amide bonds. The zero-order valence-electron chi connectivity index (χ0n) is 21.7. The molecule has 0 radical (unpaired) electrons. The lowest BCUT2D eigenvalue weighted by molar-refractivity contribution is -0.140. The van der Waals surface area contributed by atoms with Gasteiger partial charge in [0.05, 0.1) is 10.6 Å². The lowest BCUT2D eigenvalue weighted by Gasteiger charge is -2.33. The molecule has 3 rings (SSSR count). The van der Waals surface area contributed by atoms with E-state index < -0.39 is 39.9 Å². The maximum atomic E-state index is 13.8. The van der Waals surface area contributed by atoms with Crippen LogP contribution in [0.25, 0.3) is 0 Å². The first-order valence-corrected chi connectivity index (χ1v) is 14.2. The molecule has 3 aromatic carbocycles. The van der Waals surface area contributed by atoms with Crippen LogP contribution < -0.4 is 9.62 Å². The minimum Gasteiger partial charge on any atom is -0.350 e. The Kier molecular flexibility index (Phi) is 9.32. The van der Waals surface area contributed by atoms with Crippen LogP contribution in [-0.2, 0) is 26.2 Å². The Bertz CT molecular complexity index is 1360. The molecule has 38 heavy (non-hydrogen) atoms. The Morgan fingerprint density at radius 2 is 1.53 bits per heavy atom. The highest BCUT2D eigenvalue weighted by molar-refractivity contribution is 9.10. The summed E-state index contributed by atoms with van der Waals surface area (Å²) in [6.07, 6.45) is 0. The number of hydrogen-bond donors (Lipinski definition) is 1. The normalized spacial score (nSPS) is 12.5. The molecule has 0 aliphatic carbocycles. The molecule has 0 bridgehead atoms. The summed E-state index contributed by atoms with van der Waals surface area (Å²) in [6.45, 7) is 6.65. The van der Waals surface area contributed by atoms with Gasteiger partial charge in [-0.25, -0.2) is 12.8 Å². The van der Waals surface area contributed by atoms with Crippen molar-refractivity contribution >= 4 is 43.5 Å². The molecule has 0 fully saturated rings. The second-order valence-electron chi connectivity index (χ2n) is 9.86. The fourth-order valence-electron chi connectivity index (χ4n) is 3.70. The molecule has 0 aliphatic heterocycles. The molecule has 0 aromatic heterocycles. The van der Waals surface area contributed by atoms with Crippen molar-refractivity contribution in [3.8, 4) is 0 Å². The number of halogens is 2. The lowest BCUT2D eigenvalue weighted by atomic mass is 10.1. The topological polar surface area (TPSA) is 86.8 Å². The molecule has 0 saturated carbocycles. The van der Waals surface area contributed by atoms with Crippen molar-refractivity contribution < 1.29 is 22.4 Å². The van der Waals surface area contributed by atoms with Crippen LogP contribution in [-0.4, -0.2) is 43.3 Å². The summed E-state index contributed by atoms with van der Waals surface area (Å²) in [5, 5.41) is 2.89. The number of sulfonamides is 1. The second-order valence-corrected chi connectivity index (χ2v) is 12.6. The van der Waals surface area contributed by atoms with Gasteiger partial charge in [-0.3, -0.25) is 13.9 Å². The number of carbonyl (C=O) groups excluding carboxylic acids is 2. The number of anilines is 1. The van der Waals surface area contributed by atoms with E-state index in [1.807, 2.05) is 45.0 Å². The number of nitrogens with one attached hydrogen (secondary N) is 1. The SMILES string of the molecule is CC(C(=O)NC(C)(C)C)N(Cc1ccc(Br)cc1)C(=O)CN(c1ccccc1)S(=O)(=O)c1ccc(F)cc1. The minimum absolute atomic E-state index is 0.0874. The molecule has 202 valence electrons. The van der Waals surface area contributed by atoms with Gasteiger partial charge < -0.3 is 10.2 Å². The fraction of sp³-hybridized carbons (Fsp3) is 0.286. The molecule has 10 heteroatoms. The van der Waals surface area contributed by atoms with Gasteiger partial charge in [0.2, 0.25) is 11.8 Å². The van der Waals surface area contributed by atoms with E-state index in [9.17, 15) is 22.4 Å². The van der Waals surface area contributed by atoms with E-state index in [0.717, 1.165) is 38.6 Å². The third-order valence-corrected chi connectivity index (χ3v) is 7.97. The number of rotatable bonds is 9. The van der Waals surface area contributed by atoms with Crippen LogP contribution in [0.5, 0.6) is 0 Å². The van der Waals surface area contributed by atoms with Gasteiger partial charge in [-0.05, 0) is 81.8 Å². The second kappa shape index (κ2) is 12.1. The Hall–Kier alpha value is -3.24. The predicted octanol–water partition coefficient (Wildman–Crippen LogP) is 5.12. The molecule has 1 N–H and O–H groups in total. The third-order valence-electron chi connectivity index (χ3n) is 5.66. The zero-order chi connectivity index (χ0) is 28.1. The average molecular weight is 605 g/mol. The quantitative estimate of drug-likeness (QED) is 0.368. The molecule has 0 saturated heterocycles. The smallest absolute Gasteiger partial charge is 0.264 e. The van der Waals surface area contributed by atoms with Gasteiger partial charge in [0.1, 0.15) is 18.4 Å². The zero-order valence-corrected chi connectivity index (χ0v) is 24.1. The summed E-state index contributed by atoms with van der Waals surface area (Å²) in [5.41, 5.74) is 0.504. The van der Waals surface area contributed by atoms with Crippen molar-refractivity contribution in [1.29, 1.82) is 0 Å². The van der Waals surface area contributed by atoms with Gasteiger partial charge in [0.15, 0.2) is 0 Å². The first kappa shape index (κ1) is 29.3. The van der Waals surface area contributed by atoms with Crippen molar-refractivity contribution in [1.82, 2.24) is 10.2 Å². The molecule has 7 nitrogen and oxygen atoms in total. The number of benzene rings is 3. The first-order valence-electron chi connectivity index (χ1n) is 12.0. The number of amides is 2. The van der Waals surface area contributed by atoms with Crippen molar-refractivity contribution in [2.24, 2.45) is 0 Å². The van der Waals surface area contributed by atoms with E-state index in [4.69, 9.17) is 0 Å². The molecule has 1 unspecified atom stereocenters. The highest BCUT2D eigenvalue weighted by Crippen LogP contribution is 2.25. The number of para-hydroxylation sites is 1. The fourth-order valence-corrected chi connectivity index (χ4v) is 5.38. The van der Waals surface area contributed by atoms with Gasteiger partial charge in [-0.2, -0.15) is 0 Å². The Balaban J connectivity index is 2.00. The third kappa shape index (κ3) is 7.64. The summed E-state index contributed by atoms with van der Waals surface area (Å²) in [7, 11) is -4.24. The molecule has 0 aliphatic rings. The standard InChI is InChI=1S/C28H31BrFN3O4S/c1-20(27(35)31-28(2,3)4)32(18-21-10-12-22(29)13-11-21)26(34)19-33(24-8-6-5-7-9-24)38(36,37)25-16-14-23(30)15-17-25/h5-17,20H,18-19H2,1-4H3,(H,31,35). The average Bonchev–Trinajstić information content (AvgIpc) is 2.86. The van der Waals surface area contributed by atoms with Crippen LogP contribution in [0.4, 0.5) is 10.1 Å². The van der Waals surface area contributed by atoms with Gasteiger partial charge in [0, 0.05) is 16.6 Å². The number of carbonyl (C=O) groups is 2. The van der Waals surface area contributed by atoms with E-state index in [-0.39, 0.29) is 23.0 Å². The van der Waals surface area contributed by atoms with Gasteiger partial charge in [-0.1, -0.05) is 46.3 Å². The molecule has 3 aromatic rings. The Morgan fingerprint density at radius 3 is 2.08 bits per heavy atom. The van der Waals surface area contributed by atoms with Crippen LogP contribution in [0.3, 0.4) is 0 Å². The molecular weight excluding hydrogens is 573 g/mol. The lowest BCUT2D eigenvalue weighted by Crippen LogP contribution is -2.54. The van der Waals surface area contributed by atoms with Crippen molar-refractivity contribution in [3.63, 3.8) is 0 Å². The van der Waals surface area contributed by atoms with Crippen LogP contribution in [0, 0.1) is 5.82 Å². The predicted molar refractivity (Wildman–Crippen MR) is 149 cm³/mol. The van der Waals surface area contributed by atoms with Crippen molar-refractivity contribution in [2.45, 2.75) is 50.7 Å². The van der Waals surface area contributed by atoms with Gasteiger partial charge in [0.25, 0.3) is 10.0 Å². The maximum Gasteiger partial charge on any atom is 0.264 e. The van der Waals surface area contributed by atoms with E-state index in [2.05, 4.69) is 21.2 Å². The summed E-state index contributed by atoms with van der Waals surface area (Å²) in [6, 6.07) is 19.0. The summed E-state index contributed by atoms with van der Waals surface area (Å²) >= 11 is 3.39. The van der Waals surface area contributed by atoms with E-state index in [1.54, 1.807) is 37.3 Å². The maximum absolute atomic E-state index is 13.8. The van der Waals surface area contributed by atoms with Gasteiger partial charge in [-0.15, -0.1) is 0 Å². The highest BCUT2D eigenvalue weighted by Gasteiger charge is 2.33. The van der Waals surface area contributed by atoms with Crippen LogP contribution in [0.2, 0.25) is 0 Å². The van der Waals surface area contributed by atoms with E-state index in [1.165, 1.54) is 4.90 Å². The molecule has 0 spiro atoms. The Labute approximate surface area is 231 Å². The number of nitrogens with zero attached hydrogens (tertiary/aromatic N) is 2. The van der Waals surface area contributed by atoms with E-state index in [0.29, 0.717) is 0 Å². The highest BCUT2D eigenvalue weighted by atomic mass is 79.9. The molecular formula is C28H31BrFN3O4S. The van der Waals surface area contributed by atoms with Gasteiger partial charge >= 0.3 is 0 Å². The molecule has 1 atom stereocenters. The van der Waals surface area contributed by atoms with Crippen LogP contribution in [0.15, 0.2) is 88.2 Å². The van der Waals surface area contributed by atoms with Crippen LogP contribution >= 0.6 is 15.9 Å². The molecule has 0 heterocycles. The minimum atomic E-state index is -4.24. The monoisotopic (exact) mass is 603 g/mol. The largest absolute Gasteiger partial charge is 0.350 e. The van der Waals surface area contributed by atoms with Crippen LogP contribution in [0.1, 0.15) is 33.3 Å². The van der Waals surface area contributed by atoms with Crippen molar-refractivity contribution in [2.75, 3.05) is 10.8 Å². The van der Waals surface area contributed by atoms with E-state index >= 15 is 0 Å². The summed E-state index contributed by atoms with van der Waals surface area (Å²) < 4.78 is 42.6.